The van der Waals surface area contributed by atoms with Crippen LogP contribution >= 0.6 is 0 Å². The molecular formula is C38H48N2O3. The number of rotatable bonds is 17. The van der Waals surface area contributed by atoms with Gasteiger partial charge in [0.1, 0.15) is 5.75 Å². The Labute approximate surface area is 258 Å². The van der Waals surface area contributed by atoms with E-state index in [1.807, 2.05) is 62.4 Å². The number of anilines is 2. The van der Waals surface area contributed by atoms with Crippen molar-refractivity contribution in [1.29, 1.82) is 0 Å². The summed E-state index contributed by atoms with van der Waals surface area (Å²) in [5.41, 5.74) is 3.67. The summed E-state index contributed by atoms with van der Waals surface area (Å²) < 4.78 is 5.91. The molecule has 5 heteroatoms. The van der Waals surface area contributed by atoms with Crippen LogP contribution in [0.3, 0.4) is 0 Å². The molecule has 228 valence electrons. The Bertz CT molecular complexity index is 1300. The molecule has 0 bridgehead atoms. The van der Waals surface area contributed by atoms with E-state index in [0.717, 1.165) is 36.3 Å². The highest BCUT2D eigenvalue weighted by Gasteiger charge is 2.11. The number of nitrogens with one attached hydrogen (secondary N) is 2. The fourth-order valence-electron chi connectivity index (χ4n) is 4.55. The minimum Gasteiger partial charge on any atom is -0.494 e. The molecule has 0 saturated heterocycles. The maximum absolute atomic E-state index is 12.7. The van der Waals surface area contributed by atoms with E-state index in [9.17, 15) is 9.59 Å². The molecule has 0 spiro atoms. The van der Waals surface area contributed by atoms with Gasteiger partial charge in [-0.25, -0.2) is 0 Å². The Balaban J connectivity index is 1.36. The predicted octanol–water partition coefficient (Wildman–Crippen LogP) is 9.62. The first-order valence-corrected chi connectivity index (χ1v) is 16.1. The quantitative estimate of drug-likeness (QED) is 0.123. The van der Waals surface area contributed by atoms with Crippen molar-refractivity contribution < 1.29 is 14.3 Å². The smallest absolute Gasteiger partial charge is 0.255 e. The minimum absolute atomic E-state index is 0.0243. The third kappa shape index (κ3) is 12.8. The van der Waals surface area contributed by atoms with Crippen molar-refractivity contribution >= 4 is 23.2 Å². The van der Waals surface area contributed by atoms with Gasteiger partial charge in [0, 0.05) is 34.0 Å². The van der Waals surface area contributed by atoms with Gasteiger partial charge in [-0.05, 0) is 85.6 Å². The third-order valence-electron chi connectivity index (χ3n) is 7.59. The number of hydrogen-bond donors (Lipinski definition) is 2. The Hall–Kier alpha value is -4.04. The molecule has 43 heavy (non-hydrogen) atoms. The Morgan fingerprint density at radius 3 is 1.70 bits per heavy atom. The fraction of sp³-hybridized carbons (Fsp3) is 0.421. The van der Waals surface area contributed by atoms with Crippen LogP contribution in [0.25, 0.3) is 0 Å². The topological polar surface area (TPSA) is 67.4 Å². The fourth-order valence-corrected chi connectivity index (χ4v) is 4.55. The van der Waals surface area contributed by atoms with Gasteiger partial charge in [0.15, 0.2) is 0 Å². The van der Waals surface area contributed by atoms with Crippen LogP contribution < -0.4 is 15.4 Å². The molecule has 2 amide bonds. The number of carbonyl (C=O) groups excluding carboxylic acids is 2. The number of unbranched alkanes of at least 4 members (excludes halogenated alkanes) is 9. The summed E-state index contributed by atoms with van der Waals surface area (Å²) in [6, 6.07) is 22.3. The first kappa shape index (κ1) is 33.5. The van der Waals surface area contributed by atoms with Crippen LogP contribution in [-0.4, -0.2) is 18.4 Å². The second kappa shape index (κ2) is 19.2. The third-order valence-corrected chi connectivity index (χ3v) is 7.59. The summed E-state index contributed by atoms with van der Waals surface area (Å²) in [6.45, 7) is 6.89. The van der Waals surface area contributed by atoms with Gasteiger partial charge in [-0.3, -0.25) is 9.59 Å². The lowest BCUT2D eigenvalue weighted by Gasteiger charge is -2.10. The number of hydrogen-bond acceptors (Lipinski definition) is 3. The normalized spacial score (nSPS) is 11.2. The lowest BCUT2D eigenvalue weighted by atomic mass is 10.1. The molecule has 0 aromatic heterocycles. The van der Waals surface area contributed by atoms with E-state index in [1.165, 1.54) is 57.8 Å². The molecule has 5 nitrogen and oxygen atoms in total. The zero-order chi connectivity index (χ0) is 30.7. The highest BCUT2D eigenvalue weighted by atomic mass is 16.5. The highest BCUT2D eigenvalue weighted by molar-refractivity contribution is 6.04. The van der Waals surface area contributed by atoms with Crippen LogP contribution in [0.2, 0.25) is 0 Å². The van der Waals surface area contributed by atoms with Crippen LogP contribution in [0.15, 0.2) is 72.8 Å². The van der Waals surface area contributed by atoms with Crippen molar-refractivity contribution in [2.24, 2.45) is 5.92 Å². The van der Waals surface area contributed by atoms with Crippen LogP contribution in [0.1, 0.15) is 113 Å². The molecule has 0 heterocycles. The van der Waals surface area contributed by atoms with Gasteiger partial charge in [0.05, 0.1) is 6.61 Å². The molecule has 3 rings (SSSR count). The standard InChI is InChI=1S/C38H48N2O3/c1-4-6-7-8-9-10-11-12-13-14-29-43-36-27-19-32(20-28-36)16-15-31-17-23-34(24-18-31)40-38(42)33-21-25-35(26-22-33)39-37(41)30(3)5-2/h17-28,30H,4-14,29H2,1-3H3,(H,39,41)(H,40,42). The van der Waals surface area contributed by atoms with E-state index >= 15 is 0 Å². The van der Waals surface area contributed by atoms with E-state index in [2.05, 4.69) is 29.4 Å². The summed E-state index contributed by atoms with van der Waals surface area (Å²) in [5.74, 6) is 6.96. The summed E-state index contributed by atoms with van der Waals surface area (Å²) in [4.78, 5) is 24.7. The molecular weight excluding hydrogens is 532 g/mol. The van der Waals surface area contributed by atoms with Crippen LogP contribution in [0, 0.1) is 17.8 Å². The molecule has 0 fully saturated rings. The van der Waals surface area contributed by atoms with Gasteiger partial charge >= 0.3 is 0 Å². The van der Waals surface area contributed by atoms with Crippen molar-refractivity contribution in [3.63, 3.8) is 0 Å². The van der Waals surface area contributed by atoms with Crippen molar-refractivity contribution in [1.82, 2.24) is 0 Å². The number of carbonyl (C=O) groups is 2. The summed E-state index contributed by atoms with van der Waals surface area (Å²) in [7, 11) is 0. The molecule has 1 unspecified atom stereocenters. The summed E-state index contributed by atoms with van der Waals surface area (Å²) in [5, 5.41) is 5.78. The van der Waals surface area contributed by atoms with E-state index in [1.54, 1.807) is 24.3 Å². The van der Waals surface area contributed by atoms with Gasteiger partial charge in [-0.2, -0.15) is 0 Å². The van der Waals surface area contributed by atoms with E-state index in [4.69, 9.17) is 4.74 Å². The molecule has 0 aliphatic heterocycles. The van der Waals surface area contributed by atoms with E-state index in [-0.39, 0.29) is 17.7 Å². The maximum atomic E-state index is 12.7. The monoisotopic (exact) mass is 580 g/mol. The number of amides is 2. The second-order valence-corrected chi connectivity index (χ2v) is 11.2. The van der Waals surface area contributed by atoms with Gasteiger partial charge in [0.25, 0.3) is 5.91 Å². The van der Waals surface area contributed by atoms with Crippen molar-refractivity contribution in [2.75, 3.05) is 17.2 Å². The Morgan fingerprint density at radius 1 is 0.651 bits per heavy atom. The number of benzene rings is 3. The Kier molecular flexibility index (Phi) is 14.9. The minimum atomic E-state index is -0.214. The number of ether oxygens (including phenoxy) is 1. The zero-order valence-corrected chi connectivity index (χ0v) is 26.2. The van der Waals surface area contributed by atoms with Gasteiger partial charge < -0.3 is 15.4 Å². The van der Waals surface area contributed by atoms with Crippen LogP contribution in [-0.2, 0) is 4.79 Å². The van der Waals surface area contributed by atoms with E-state index < -0.39 is 0 Å². The average molecular weight is 581 g/mol. The molecule has 3 aromatic rings. The first-order chi connectivity index (χ1) is 21.0. The second-order valence-electron chi connectivity index (χ2n) is 11.2. The Morgan fingerprint density at radius 2 is 1.14 bits per heavy atom. The van der Waals surface area contributed by atoms with E-state index in [0.29, 0.717) is 16.9 Å². The van der Waals surface area contributed by atoms with Gasteiger partial charge in [-0.1, -0.05) is 90.4 Å². The molecule has 3 aromatic carbocycles. The highest BCUT2D eigenvalue weighted by Crippen LogP contribution is 2.16. The zero-order valence-electron chi connectivity index (χ0n) is 26.2. The lowest BCUT2D eigenvalue weighted by molar-refractivity contribution is -0.119. The molecule has 1 atom stereocenters. The largest absolute Gasteiger partial charge is 0.494 e. The summed E-state index contributed by atoms with van der Waals surface area (Å²) >= 11 is 0. The average Bonchev–Trinajstić information content (AvgIpc) is 3.03. The van der Waals surface area contributed by atoms with Crippen molar-refractivity contribution in [3.05, 3.63) is 89.5 Å². The predicted molar refractivity (Wildman–Crippen MR) is 179 cm³/mol. The molecule has 0 aliphatic rings. The molecule has 0 radical (unpaired) electrons. The molecule has 0 aliphatic carbocycles. The first-order valence-electron chi connectivity index (χ1n) is 16.1. The SMILES string of the molecule is CCCCCCCCCCCCOc1ccc(C#Cc2ccc(NC(=O)c3ccc(NC(=O)C(C)CC)cc3)cc2)cc1. The van der Waals surface area contributed by atoms with Crippen molar-refractivity contribution in [2.45, 2.75) is 91.4 Å². The van der Waals surface area contributed by atoms with Gasteiger partial charge in [-0.15, -0.1) is 0 Å². The van der Waals surface area contributed by atoms with Crippen molar-refractivity contribution in [3.8, 4) is 17.6 Å². The summed E-state index contributed by atoms with van der Waals surface area (Å²) in [6.07, 6.45) is 14.0. The lowest BCUT2D eigenvalue weighted by Crippen LogP contribution is -2.19. The molecule has 2 N–H and O–H groups in total. The van der Waals surface area contributed by atoms with Gasteiger partial charge in [0.2, 0.25) is 5.91 Å². The maximum Gasteiger partial charge on any atom is 0.255 e. The molecule has 0 saturated carbocycles. The van der Waals surface area contributed by atoms with Crippen LogP contribution in [0.4, 0.5) is 11.4 Å². The van der Waals surface area contributed by atoms with Crippen LogP contribution in [0.5, 0.6) is 5.75 Å².